The van der Waals surface area contributed by atoms with Gasteiger partial charge in [0.2, 0.25) is 10.0 Å². The molecule has 106 valence electrons. The van der Waals surface area contributed by atoms with Crippen molar-refractivity contribution in [2.24, 2.45) is 5.73 Å². The summed E-state index contributed by atoms with van der Waals surface area (Å²) >= 11 is 0. The predicted octanol–water partition coefficient (Wildman–Crippen LogP) is 0.837. The number of benzene rings is 1. The first-order valence-electron chi connectivity index (χ1n) is 5.66. The Balaban J connectivity index is 3.32. The molecule has 7 nitrogen and oxygen atoms in total. The average molecular weight is 287 g/mol. The van der Waals surface area contributed by atoms with Gasteiger partial charge in [-0.2, -0.15) is 0 Å². The van der Waals surface area contributed by atoms with Gasteiger partial charge in [-0.25, -0.2) is 13.1 Å². The third kappa shape index (κ3) is 3.72. The maximum Gasteiger partial charge on any atom is 0.289 e. The summed E-state index contributed by atoms with van der Waals surface area (Å²) in [6.45, 7) is 5.04. The second-order valence-corrected chi connectivity index (χ2v) is 6.23. The number of hydrogen-bond donors (Lipinski definition) is 2. The van der Waals surface area contributed by atoms with Gasteiger partial charge in [-0.1, -0.05) is 0 Å². The highest BCUT2D eigenvalue weighted by Crippen LogP contribution is 2.27. The van der Waals surface area contributed by atoms with E-state index in [0.29, 0.717) is 11.1 Å². The molecule has 0 aliphatic heterocycles. The highest BCUT2D eigenvalue weighted by molar-refractivity contribution is 7.89. The minimum atomic E-state index is -3.94. The van der Waals surface area contributed by atoms with Crippen LogP contribution in [-0.2, 0) is 10.0 Å². The number of aryl methyl sites for hydroxylation is 2. The Labute approximate surface area is 112 Å². The lowest BCUT2D eigenvalue weighted by atomic mass is 10.1. The summed E-state index contributed by atoms with van der Waals surface area (Å²) in [5, 5.41) is 11.0. The molecule has 0 radical (unpaired) electrons. The Morgan fingerprint density at radius 1 is 1.37 bits per heavy atom. The van der Waals surface area contributed by atoms with E-state index in [1.807, 2.05) is 0 Å². The van der Waals surface area contributed by atoms with Crippen molar-refractivity contribution in [3.8, 4) is 0 Å². The predicted molar refractivity (Wildman–Crippen MR) is 71.4 cm³/mol. The van der Waals surface area contributed by atoms with E-state index in [1.54, 1.807) is 20.8 Å². The van der Waals surface area contributed by atoms with Gasteiger partial charge in [-0.3, -0.25) is 10.1 Å². The first-order chi connectivity index (χ1) is 8.65. The summed E-state index contributed by atoms with van der Waals surface area (Å²) < 4.78 is 26.4. The van der Waals surface area contributed by atoms with Gasteiger partial charge in [0.15, 0.2) is 4.90 Å². The van der Waals surface area contributed by atoms with Crippen molar-refractivity contribution in [1.82, 2.24) is 4.72 Å². The molecule has 0 amide bonds. The molecule has 19 heavy (non-hydrogen) atoms. The van der Waals surface area contributed by atoms with E-state index >= 15 is 0 Å². The maximum atomic E-state index is 12.1. The summed E-state index contributed by atoms with van der Waals surface area (Å²) in [6, 6.07) is 2.19. The van der Waals surface area contributed by atoms with E-state index < -0.39 is 20.6 Å². The van der Waals surface area contributed by atoms with Crippen molar-refractivity contribution < 1.29 is 13.3 Å². The van der Waals surface area contributed by atoms with Crippen molar-refractivity contribution in [3.63, 3.8) is 0 Å². The molecule has 1 aromatic carbocycles. The highest BCUT2D eigenvalue weighted by atomic mass is 32.2. The maximum absolute atomic E-state index is 12.1. The van der Waals surface area contributed by atoms with Crippen LogP contribution >= 0.6 is 0 Å². The summed E-state index contributed by atoms with van der Waals surface area (Å²) in [5.41, 5.74) is 6.38. The molecule has 0 saturated carbocycles. The zero-order valence-electron chi connectivity index (χ0n) is 11.0. The molecule has 0 fully saturated rings. The first kappa shape index (κ1) is 15.5. The molecule has 1 unspecified atom stereocenters. The van der Waals surface area contributed by atoms with Gasteiger partial charge in [0.05, 0.1) is 4.92 Å². The van der Waals surface area contributed by atoms with Crippen molar-refractivity contribution in [1.29, 1.82) is 0 Å². The number of nitrogens with one attached hydrogen (secondary N) is 1. The van der Waals surface area contributed by atoms with Crippen molar-refractivity contribution in [2.75, 3.05) is 6.54 Å². The largest absolute Gasteiger partial charge is 0.327 e. The second kappa shape index (κ2) is 5.64. The first-order valence-corrected chi connectivity index (χ1v) is 7.14. The molecule has 0 heterocycles. The van der Waals surface area contributed by atoms with E-state index in [2.05, 4.69) is 4.72 Å². The Bertz CT molecular complexity index is 596. The number of rotatable bonds is 5. The molecule has 0 spiro atoms. The number of nitro benzene ring substituents is 1. The van der Waals surface area contributed by atoms with Crippen LogP contribution in [0.4, 0.5) is 5.69 Å². The van der Waals surface area contributed by atoms with Gasteiger partial charge in [0.25, 0.3) is 5.69 Å². The second-order valence-electron chi connectivity index (χ2n) is 4.49. The minimum absolute atomic E-state index is 0.0202. The molecule has 0 aliphatic carbocycles. The quantitative estimate of drug-likeness (QED) is 0.615. The van der Waals surface area contributed by atoms with E-state index in [4.69, 9.17) is 5.73 Å². The lowest BCUT2D eigenvalue weighted by Crippen LogP contribution is -2.35. The molecule has 8 heteroatoms. The Hall–Kier alpha value is -1.51. The number of sulfonamides is 1. The van der Waals surface area contributed by atoms with Crippen molar-refractivity contribution in [2.45, 2.75) is 31.7 Å². The van der Waals surface area contributed by atoms with Gasteiger partial charge in [0.1, 0.15) is 0 Å². The number of nitro groups is 1. The molecule has 1 atom stereocenters. The average Bonchev–Trinajstić information content (AvgIpc) is 2.29. The highest BCUT2D eigenvalue weighted by Gasteiger charge is 2.26. The fraction of sp³-hybridized carbons (Fsp3) is 0.455. The summed E-state index contributed by atoms with van der Waals surface area (Å²) in [5.74, 6) is 0. The van der Waals surface area contributed by atoms with Crippen LogP contribution in [0.5, 0.6) is 0 Å². The standard InChI is InChI=1S/C11H17N3O4S/c1-7-4-10(14(15)16)11(5-8(7)2)19(17,18)13-6-9(3)12/h4-5,9,13H,6,12H2,1-3H3. The Morgan fingerprint density at radius 2 is 1.89 bits per heavy atom. The van der Waals surface area contributed by atoms with Crippen LogP contribution in [0.15, 0.2) is 17.0 Å². The van der Waals surface area contributed by atoms with Crippen LogP contribution in [0.3, 0.4) is 0 Å². The van der Waals surface area contributed by atoms with Crippen LogP contribution in [0.2, 0.25) is 0 Å². The normalized spacial score (nSPS) is 13.3. The fourth-order valence-corrected chi connectivity index (χ4v) is 2.83. The van der Waals surface area contributed by atoms with E-state index in [-0.39, 0.29) is 17.5 Å². The molecule has 0 bridgehead atoms. The molecule has 3 N–H and O–H groups in total. The van der Waals surface area contributed by atoms with E-state index in [1.165, 1.54) is 12.1 Å². The summed E-state index contributed by atoms with van der Waals surface area (Å²) in [7, 11) is -3.94. The smallest absolute Gasteiger partial charge is 0.289 e. The Morgan fingerprint density at radius 3 is 2.37 bits per heavy atom. The van der Waals surface area contributed by atoms with E-state index in [0.717, 1.165) is 0 Å². The number of nitrogens with zero attached hydrogens (tertiary/aromatic N) is 1. The van der Waals surface area contributed by atoms with Gasteiger partial charge in [-0.15, -0.1) is 0 Å². The summed E-state index contributed by atoms with van der Waals surface area (Å²) in [6.07, 6.45) is 0. The molecule has 1 rings (SSSR count). The fourth-order valence-electron chi connectivity index (χ4n) is 1.45. The minimum Gasteiger partial charge on any atom is -0.327 e. The molecular formula is C11H17N3O4S. The molecule has 0 aromatic heterocycles. The van der Waals surface area contributed by atoms with Gasteiger partial charge < -0.3 is 5.73 Å². The van der Waals surface area contributed by atoms with Crippen LogP contribution in [0.25, 0.3) is 0 Å². The van der Waals surface area contributed by atoms with Crippen LogP contribution in [0, 0.1) is 24.0 Å². The zero-order valence-corrected chi connectivity index (χ0v) is 11.8. The lowest BCUT2D eigenvalue weighted by molar-refractivity contribution is -0.387. The topological polar surface area (TPSA) is 115 Å². The van der Waals surface area contributed by atoms with Gasteiger partial charge >= 0.3 is 0 Å². The van der Waals surface area contributed by atoms with Crippen LogP contribution < -0.4 is 10.5 Å². The number of hydrogen-bond acceptors (Lipinski definition) is 5. The van der Waals surface area contributed by atoms with Crippen molar-refractivity contribution >= 4 is 15.7 Å². The Kier molecular flexibility index (Phi) is 4.61. The van der Waals surface area contributed by atoms with Gasteiger partial charge in [-0.05, 0) is 38.0 Å². The van der Waals surface area contributed by atoms with Crippen LogP contribution in [0.1, 0.15) is 18.1 Å². The molecule has 0 saturated heterocycles. The zero-order chi connectivity index (χ0) is 14.8. The van der Waals surface area contributed by atoms with E-state index in [9.17, 15) is 18.5 Å². The molecular weight excluding hydrogens is 270 g/mol. The van der Waals surface area contributed by atoms with Crippen LogP contribution in [-0.4, -0.2) is 25.9 Å². The SMILES string of the molecule is Cc1cc([N+](=O)[O-])c(S(=O)(=O)NCC(C)N)cc1C. The van der Waals surface area contributed by atoms with Gasteiger partial charge in [0, 0.05) is 18.7 Å². The molecule has 1 aromatic rings. The molecule has 0 aliphatic rings. The number of nitrogens with two attached hydrogens (primary N) is 1. The van der Waals surface area contributed by atoms with Crippen molar-refractivity contribution in [3.05, 3.63) is 33.4 Å². The lowest BCUT2D eigenvalue weighted by Gasteiger charge is -2.11. The monoisotopic (exact) mass is 287 g/mol. The third-order valence-electron chi connectivity index (χ3n) is 2.66. The third-order valence-corrected chi connectivity index (χ3v) is 4.11. The summed E-state index contributed by atoms with van der Waals surface area (Å²) in [4.78, 5) is 9.93.